The summed E-state index contributed by atoms with van der Waals surface area (Å²) in [5.41, 5.74) is 8.71. The lowest BCUT2D eigenvalue weighted by Crippen LogP contribution is -1.92. The standard InChI is InChI=1S/C14H14ClNO/c1-9-5-10(2)7-12(6-9)17-14-8-11(15)3-4-13(14)16/h3-8H,16H2,1-2H3. The first-order chi connectivity index (χ1) is 8.04. The molecule has 0 bridgehead atoms. The number of hydrogen-bond acceptors (Lipinski definition) is 2. The summed E-state index contributed by atoms with van der Waals surface area (Å²) in [7, 11) is 0. The summed E-state index contributed by atoms with van der Waals surface area (Å²) in [6, 6.07) is 11.2. The third-order valence-electron chi connectivity index (χ3n) is 2.40. The molecule has 88 valence electrons. The second-order valence-corrected chi connectivity index (χ2v) is 4.54. The highest BCUT2D eigenvalue weighted by atomic mass is 35.5. The van der Waals surface area contributed by atoms with Gasteiger partial charge in [-0.05, 0) is 49.2 Å². The van der Waals surface area contributed by atoms with Crippen molar-refractivity contribution in [2.75, 3.05) is 5.73 Å². The van der Waals surface area contributed by atoms with Crippen molar-refractivity contribution in [3.8, 4) is 11.5 Å². The number of rotatable bonds is 2. The summed E-state index contributed by atoms with van der Waals surface area (Å²) in [5, 5.41) is 0.610. The highest BCUT2D eigenvalue weighted by molar-refractivity contribution is 6.30. The van der Waals surface area contributed by atoms with Gasteiger partial charge in [0.05, 0.1) is 5.69 Å². The monoisotopic (exact) mass is 247 g/mol. The van der Waals surface area contributed by atoms with Crippen LogP contribution in [0.1, 0.15) is 11.1 Å². The van der Waals surface area contributed by atoms with Gasteiger partial charge in [0.1, 0.15) is 5.75 Å². The molecule has 0 saturated carbocycles. The molecular weight excluding hydrogens is 234 g/mol. The van der Waals surface area contributed by atoms with E-state index >= 15 is 0 Å². The molecule has 17 heavy (non-hydrogen) atoms. The smallest absolute Gasteiger partial charge is 0.151 e. The van der Waals surface area contributed by atoms with Crippen LogP contribution in [0, 0.1) is 13.8 Å². The van der Waals surface area contributed by atoms with Crippen LogP contribution >= 0.6 is 11.6 Å². The number of benzene rings is 2. The Bertz CT molecular complexity index is 532. The molecule has 0 aliphatic heterocycles. The maximum atomic E-state index is 5.91. The molecule has 0 spiro atoms. The van der Waals surface area contributed by atoms with Gasteiger partial charge >= 0.3 is 0 Å². The van der Waals surface area contributed by atoms with Crippen molar-refractivity contribution >= 4 is 17.3 Å². The van der Waals surface area contributed by atoms with Crippen LogP contribution in [0.2, 0.25) is 5.02 Å². The third-order valence-corrected chi connectivity index (χ3v) is 2.63. The predicted molar refractivity (Wildman–Crippen MR) is 71.9 cm³/mol. The van der Waals surface area contributed by atoms with Gasteiger partial charge in [0, 0.05) is 11.1 Å². The van der Waals surface area contributed by atoms with Gasteiger partial charge in [0.25, 0.3) is 0 Å². The van der Waals surface area contributed by atoms with Crippen molar-refractivity contribution in [1.82, 2.24) is 0 Å². The fourth-order valence-corrected chi connectivity index (χ4v) is 1.88. The van der Waals surface area contributed by atoms with E-state index < -0.39 is 0 Å². The minimum Gasteiger partial charge on any atom is -0.455 e. The van der Waals surface area contributed by atoms with Crippen LogP contribution in [0.3, 0.4) is 0 Å². The largest absolute Gasteiger partial charge is 0.455 e. The van der Waals surface area contributed by atoms with E-state index in [4.69, 9.17) is 22.1 Å². The number of ether oxygens (including phenoxy) is 1. The van der Waals surface area contributed by atoms with Gasteiger partial charge in [-0.1, -0.05) is 17.7 Å². The average molecular weight is 248 g/mol. The van der Waals surface area contributed by atoms with E-state index in [1.54, 1.807) is 18.2 Å². The average Bonchev–Trinajstić information content (AvgIpc) is 2.22. The molecule has 2 N–H and O–H groups in total. The molecule has 0 atom stereocenters. The normalized spacial score (nSPS) is 10.3. The van der Waals surface area contributed by atoms with Crippen LogP contribution in [0.5, 0.6) is 11.5 Å². The van der Waals surface area contributed by atoms with Crippen LogP contribution in [-0.4, -0.2) is 0 Å². The number of nitrogens with two attached hydrogens (primary N) is 1. The molecular formula is C14H14ClNO. The topological polar surface area (TPSA) is 35.2 Å². The van der Waals surface area contributed by atoms with E-state index in [1.807, 2.05) is 26.0 Å². The van der Waals surface area contributed by atoms with Crippen molar-refractivity contribution in [1.29, 1.82) is 0 Å². The van der Waals surface area contributed by atoms with E-state index in [9.17, 15) is 0 Å². The lowest BCUT2D eigenvalue weighted by atomic mass is 10.1. The summed E-state index contributed by atoms with van der Waals surface area (Å²) in [6.45, 7) is 4.06. The van der Waals surface area contributed by atoms with E-state index in [1.165, 1.54) is 0 Å². The van der Waals surface area contributed by atoms with Crippen molar-refractivity contribution in [3.05, 3.63) is 52.5 Å². The molecule has 0 fully saturated rings. The van der Waals surface area contributed by atoms with E-state index in [-0.39, 0.29) is 0 Å². The van der Waals surface area contributed by atoms with Gasteiger partial charge in [-0.3, -0.25) is 0 Å². The van der Waals surface area contributed by atoms with Crippen molar-refractivity contribution in [2.45, 2.75) is 13.8 Å². The van der Waals surface area contributed by atoms with Crippen molar-refractivity contribution in [3.63, 3.8) is 0 Å². The number of aryl methyl sites for hydroxylation is 2. The van der Waals surface area contributed by atoms with Gasteiger partial charge in [0.2, 0.25) is 0 Å². The summed E-state index contributed by atoms with van der Waals surface area (Å²) < 4.78 is 5.74. The van der Waals surface area contributed by atoms with E-state index in [2.05, 4.69) is 6.07 Å². The number of halogens is 1. The lowest BCUT2D eigenvalue weighted by Gasteiger charge is -2.10. The van der Waals surface area contributed by atoms with Crippen LogP contribution in [0.4, 0.5) is 5.69 Å². The third kappa shape index (κ3) is 2.92. The molecule has 0 saturated heterocycles. The number of anilines is 1. The zero-order chi connectivity index (χ0) is 12.4. The Balaban J connectivity index is 2.34. The molecule has 2 rings (SSSR count). The Kier molecular flexibility index (Phi) is 3.25. The predicted octanol–water partition coefficient (Wildman–Crippen LogP) is 4.33. The van der Waals surface area contributed by atoms with Crippen LogP contribution < -0.4 is 10.5 Å². The van der Waals surface area contributed by atoms with Crippen LogP contribution in [0.15, 0.2) is 36.4 Å². The highest BCUT2D eigenvalue weighted by Gasteiger charge is 2.04. The maximum absolute atomic E-state index is 5.91. The molecule has 0 radical (unpaired) electrons. The Morgan fingerprint density at radius 3 is 2.29 bits per heavy atom. The van der Waals surface area contributed by atoms with Crippen molar-refractivity contribution in [2.24, 2.45) is 0 Å². The zero-order valence-electron chi connectivity index (χ0n) is 9.83. The van der Waals surface area contributed by atoms with Crippen LogP contribution in [-0.2, 0) is 0 Å². The minimum atomic E-state index is 0.577. The first-order valence-corrected chi connectivity index (χ1v) is 5.73. The van der Waals surface area contributed by atoms with Gasteiger partial charge in [-0.25, -0.2) is 0 Å². The first-order valence-electron chi connectivity index (χ1n) is 5.36. The van der Waals surface area contributed by atoms with Gasteiger partial charge in [-0.2, -0.15) is 0 Å². The second-order valence-electron chi connectivity index (χ2n) is 4.11. The molecule has 0 aliphatic carbocycles. The summed E-state index contributed by atoms with van der Waals surface area (Å²) in [5.74, 6) is 1.36. The fourth-order valence-electron chi connectivity index (χ4n) is 1.72. The Hall–Kier alpha value is -1.67. The second kappa shape index (κ2) is 4.68. The van der Waals surface area contributed by atoms with Crippen LogP contribution in [0.25, 0.3) is 0 Å². The summed E-state index contributed by atoms with van der Waals surface area (Å²) in [4.78, 5) is 0. The van der Waals surface area contributed by atoms with Crippen molar-refractivity contribution < 1.29 is 4.74 Å². The van der Waals surface area contributed by atoms with Gasteiger partial charge < -0.3 is 10.5 Å². The zero-order valence-corrected chi connectivity index (χ0v) is 10.6. The molecule has 0 unspecified atom stereocenters. The highest BCUT2D eigenvalue weighted by Crippen LogP contribution is 2.30. The quantitative estimate of drug-likeness (QED) is 0.802. The molecule has 2 aromatic rings. The van der Waals surface area contributed by atoms with E-state index in [0.717, 1.165) is 16.9 Å². The lowest BCUT2D eigenvalue weighted by molar-refractivity contribution is 0.484. The van der Waals surface area contributed by atoms with Gasteiger partial charge in [0.15, 0.2) is 5.75 Å². The Labute approximate surface area is 106 Å². The number of hydrogen-bond donors (Lipinski definition) is 1. The Morgan fingerprint density at radius 2 is 1.65 bits per heavy atom. The summed E-state index contributed by atoms with van der Waals surface area (Å²) >= 11 is 5.91. The van der Waals surface area contributed by atoms with Gasteiger partial charge in [-0.15, -0.1) is 0 Å². The fraction of sp³-hybridized carbons (Fsp3) is 0.143. The molecule has 0 heterocycles. The molecule has 2 nitrogen and oxygen atoms in total. The molecule has 0 amide bonds. The summed E-state index contributed by atoms with van der Waals surface area (Å²) in [6.07, 6.45) is 0. The maximum Gasteiger partial charge on any atom is 0.151 e. The minimum absolute atomic E-state index is 0.577. The molecule has 0 aliphatic rings. The molecule has 2 aromatic carbocycles. The number of nitrogen functional groups attached to an aromatic ring is 1. The van der Waals surface area contributed by atoms with E-state index in [0.29, 0.717) is 16.5 Å². The SMILES string of the molecule is Cc1cc(C)cc(Oc2cc(Cl)ccc2N)c1. The first kappa shape index (κ1) is 11.8. The molecule has 3 heteroatoms. The molecule has 0 aromatic heterocycles. The Morgan fingerprint density at radius 1 is 1.00 bits per heavy atom.